The largest absolute Gasteiger partial charge is 0.310 e. The predicted molar refractivity (Wildman–Crippen MR) is 231 cm³/mol. The second-order valence-corrected chi connectivity index (χ2v) is 16.6. The highest BCUT2D eigenvalue weighted by atomic mass is 15.2. The topological polar surface area (TPSA) is 6.48 Å². The van der Waals surface area contributed by atoms with Crippen LogP contribution in [0.1, 0.15) is 76.8 Å². The van der Waals surface area contributed by atoms with Crippen molar-refractivity contribution < 1.29 is 0 Å². The van der Waals surface area contributed by atoms with E-state index in [2.05, 4.69) is 196 Å². The Labute approximate surface area is 326 Å². The summed E-state index contributed by atoms with van der Waals surface area (Å²) in [5.74, 6) is 0. The third kappa shape index (κ3) is 5.00. The van der Waals surface area contributed by atoms with Gasteiger partial charge >= 0.3 is 0 Å². The van der Waals surface area contributed by atoms with Gasteiger partial charge in [0, 0.05) is 33.6 Å². The highest BCUT2D eigenvalue weighted by Crippen LogP contribution is 2.61. The number of hydrogen-bond donors (Lipinski definition) is 0. The summed E-state index contributed by atoms with van der Waals surface area (Å²) in [4.78, 5) is 5.10. The van der Waals surface area contributed by atoms with Crippen molar-refractivity contribution in [3.63, 3.8) is 0 Å². The summed E-state index contributed by atoms with van der Waals surface area (Å²) in [6, 6.07) is 56.8. The first-order chi connectivity index (χ1) is 26.8. The van der Waals surface area contributed by atoms with E-state index in [1.54, 1.807) is 0 Å². The molecule has 3 aliphatic carbocycles. The van der Waals surface area contributed by atoms with E-state index in [9.17, 15) is 0 Å². The Morgan fingerprint density at radius 1 is 0.455 bits per heavy atom. The smallest absolute Gasteiger partial charge is 0.0505 e. The van der Waals surface area contributed by atoms with Crippen LogP contribution in [0.25, 0.3) is 11.1 Å². The van der Waals surface area contributed by atoms with Crippen molar-refractivity contribution in [2.24, 2.45) is 0 Å². The van der Waals surface area contributed by atoms with Gasteiger partial charge in [-0.1, -0.05) is 116 Å². The number of hydrogen-bond acceptors (Lipinski definition) is 2. The molecule has 0 radical (unpaired) electrons. The zero-order valence-electron chi connectivity index (χ0n) is 32.7. The minimum Gasteiger partial charge on any atom is -0.310 e. The molecule has 0 amide bonds. The SMILES string of the molecule is Cc1cc(C)c2c(c1)C(C)(C)c1ccc(N(c3ccccc3)c3cccc4c3[C@]3(CCc5cccc(N(c6ccccc6)c6ccccc6)c53)CC4)c(C)c1-2. The lowest BCUT2D eigenvalue weighted by Gasteiger charge is -2.37. The zero-order chi connectivity index (χ0) is 37.5. The summed E-state index contributed by atoms with van der Waals surface area (Å²) >= 11 is 0. The Morgan fingerprint density at radius 3 is 1.51 bits per heavy atom. The predicted octanol–water partition coefficient (Wildman–Crippen LogP) is 14.0. The molecule has 1 atom stereocenters. The molecule has 0 bridgehead atoms. The maximum atomic E-state index is 2.60. The average molecular weight is 713 g/mol. The number of fused-ring (bicyclic) bond motifs is 7. The van der Waals surface area contributed by atoms with E-state index in [0.29, 0.717) is 0 Å². The van der Waals surface area contributed by atoms with Gasteiger partial charge in [-0.25, -0.2) is 0 Å². The average Bonchev–Trinajstić information content (AvgIpc) is 3.85. The molecule has 270 valence electrons. The molecule has 2 nitrogen and oxygen atoms in total. The molecule has 1 spiro atoms. The second-order valence-electron chi connectivity index (χ2n) is 16.6. The highest BCUT2D eigenvalue weighted by molar-refractivity contribution is 5.93. The minimum absolute atomic E-state index is 0.0618. The van der Waals surface area contributed by atoms with E-state index in [-0.39, 0.29) is 10.8 Å². The molecule has 0 aliphatic heterocycles. The van der Waals surface area contributed by atoms with Crippen molar-refractivity contribution in [3.05, 3.63) is 202 Å². The van der Waals surface area contributed by atoms with Gasteiger partial charge in [-0.3, -0.25) is 0 Å². The number of aryl methyl sites for hydroxylation is 4. The normalized spacial score (nSPS) is 17.1. The molecule has 7 aromatic carbocycles. The summed E-state index contributed by atoms with van der Waals surface area (Å²) in [5, 5.41) is 0. The number of anilines is 6. The Kier molecular flexibility index (Phi) is 7.72. The lowest BCUT2D eigenvalue weighted by atomic mass is 9.74. The van der Waals surface area contributed by atoms with Crippen LogP contribution in [-0.2, 0) is 23.7 Å². The lowest BCUT2D eigenvalue weighted by molar-refractivity contribution is 0.508. The summed E-state index contributed by atoms with van der Waals surface area (Å²) in [6.07, 6.45) is 4.35. The van der Waals surface area contributed by atoms with Gasteiger partial charge < -0.3 is 9.80 Å². The molecule has 55 heavy (non-hydrogen) atoms. The van der Waals surface area contributed by atoms with Crippen LogP contribution in [0, 0.1) is 20.8 Å². The molecule has 7 aromatic rings. The van der Waals surface area contributed by atoms with Crippen LogP contribution in [0.5, 0.6) is 0 Å². The lowest BCUT2D eigenvalue weighted by Crippen LogP contribution is -2.27. The Bertz CT molecular complexity index is 2560. The molecule has 10 rings (SSSR count). The van der Waals surface area contributed by atoms with Crippen molar-refractivity contribution in [3.8, 4) is 11.1 Å². The van der Waals surface area contributed by atoms with Crippen molar-refractivity contribution in [2.45, 2.75) is 71.1 Å². The van der Waals surface area contributed by atoms with Crippen LogP contribution in [-0.4, -0.2) is 0 Å². The molecule has 0 aromatic heterocycles. The summed E-state index contributed by atoms with van der Waals surface area (Å²) in [6.45, 7) is 11.7. The molecule has 0 N–H and O–H groups in total. The van der Waals surface area contributed by atoms with Crippen molar-refractivity contribution >= 4 is 34.1 Å². The van der Waals surface area contributed by atoms with Crippen LogP contribution >= 0.6 is 0 Å². The summed E-state index contributed by atoms with van der Waals surface area (Å²) in [7, 11) is 0. The number of para-hydroxylation sites is 3. The number of rotatable bonds is 6. The minimum atomic E-state index is -0.125. The molecule has 0 saturated heterocycles. The van der Waals surface area contributed by atoms with Gasteiger partial charge in [0.05, 0.1) is 11.4 Å². The first-order valence-corrected chi connectivity index (χ1v) is 20.0. The monoisotopic (exact) mass is 712 g/mol. The van der Waals surface area contributed by atoms with E-state index in [4.69, 9.17) is 0 Å². The molecular weight excluding hydrogens is 665 g/mol. The van der Waals surface area contributed by atoms with Crippen LogP contribution in [0.3, 0.4) is 0 Å². The summed E-state index contributed by atoms with van der Waals surface area (Å²) in [5.41, 5.74) is 22.9. The van der Waals surface area contributed by atoms with Crippen LogP contribution in [0.2, 0.25) is 0 Å². The first kappa shape index (κ1) is 33.7. The van der Waals surface area contributed by atoms with Gasteiger partial charge in [-0.2, -0.15) is 0 Å². The van der Waals surface area contributed by atoms with E-state index >= 15 is 0 Å². The molecule has 0 unspecified atom stereocenters. The van der Waals surface area contributed by atoms with Gasteiger partial charge in [0.25, 0.3) is 0 Å². The fourth-order valence-electron chi connectivity index (χ4n) is 10.8. The zero-order valence-corrected chi connectivity index (χ0v) is 32.7. The maximum Gasteiger partial charge on any atom is 0.0505 e. The fraction of sp³-hybridized carbons (Fsp3) is 0.208. The highest BCUT2D eigenvalue weighted by Gasteiger charge is 2.49. The molecular formula is C53H48N2. The standard InChI is InChI=1S/C53H48N2/c1-35-33-36(2)48-44(34-35)52(4,5)43-27-28-45(37(3)49(43)48)55(42-23-13-8-14-24-42)47-26-16-18-39-30-32-53(51(39)47)31-29-38-17-15-25-46(50(38)53)54(40-19-9-6-10-20-40)41-21-11-7-12-22-41/h6-28,33-34H,29-32H2,1-5H3/t53-/m1/s1. The molecule has 3 aliphatic rings. The Balaban J connectivity index is 1.21. The Morgan fingerprint density at radius 2 is 0.964 bits per heavy atom. The van der Waals surface area contributed by atoms with E-state index in [1.807, 2.05) is 0 Å². The van der Waals surface area contributed by atoms with Crippen LogP contribution in [0.4, 0.5) is 34.1 Å². The first-order valence-electron chi connectivity index (χ1n) is 20.0. The quantitative estimate of drug-likeness (QED) is 0.169. The van der Waals surface area contributed by atoms with Gasteiger partial charge in [0.2, 0.25) is 0 Å². The molecule has 0 saturated carbocycles. The van der Waals surface area contributed by atoms with Gasteiger partial charge in [-0.05, 0) is 157 Å². The van der Waals surface area contributed by atoms with Gasteiger partial charge in [-0.15, -0.1) is 0 Å². The number of benzene rings is 7. The van der Waals surface area contributed by atoms with E-state index in [0.717, 1.165) is 25.7 Å². The van der Waals surface area contributed by atoms with Crippen LogP contribution in [0.15, 0.2) is 152 Å². The molecule has 0 heterocycles. The van der Waals surface area contributed by atoms with Crippen molar-refractivity contribution in [1.29, 1.82) is 0 Å². The fourth-order valence-corrected chi connectivity index (χ4v) is 10.8. The number of nitrogens with zero attached hydrogens (tertiary/aromatic N) is 2. The molecule has 2 heteroatoms. The maximum absolute atomic E-state index is 2.60. The molecule has 0 fully saturated rings. The van der Waals surface area contributed by atoms with Gasteiger partial charge in [0.1, 0.15) is 0 Å². The van der Waals surface area contributed by atoms with Crippen LogP contribution < -0.4 is 9.80 Å². The van der Waals surface area contributed by atoms with E-state index in [1.165, 1.54) is 95.3 Å². The van der Waals surface area contributed by atoms with E-state index < -0.39 is 0 Å². The summed E-state index contributed by atoms with van der Waals surface area (Å²) < 4.78 is 0. The Hall–Kier alpha value is -5.86. The van der Waals surface area contributed by atoms with Gasteiger partial charge in [0.15, 0.2) is 0 Å². The van der Waals surface area contributed by atoms with Crippen molar-refractivity contribution in [1.82, 2.24) is 0 Å². The third-order valence-electron chi connectivity index (χ3n) is 13.1. The third-order valence-corrected chi connectivity index (χ3v) is 13.1. The second kappa shape index (κ2) is 12.6. The van der Waals surface area contributed by atoms with Crippen molar-refractivity contribution in [2.75, 3.05) is 9.80 Å².